The van der Waals surface area contributed by atoms with Crippen LogP contribution in [-0.2, 0) is 28.8 Å². The number of nitrogens with one attached hydrogen (secondary N) is 5. The zero-order valence-electron chi connectivity index (χ0n) is 30.3. The Hall–Kier alpha value is -5.60. The third-order valence-electron chi connectivity index (χ3n) is 8.97. The number of ketones is 1. The van der Waals surface area contributed by atoms with Crippen LogP contribution in [0.25, 0.3) is 0 Å². The minimum atomic E-state index is -1.28. The van der Waals surface area contributed by atoms with Crippen LogP contribution in [0.2, 0.25) is 0 Å². The lowest BCUT2D eigenvalue weighted by Gasteiger charge is -2.32. The van der Waals surface area contributed by atoms with Crippen molar-refractivity contribution in [1.29, 1.82) is 0 Å². The molecule has 0 heterocycles. The molecule has 0 aromatic heterocycles. The average Bonchev–Trinajstić information content (AvgIpc) is 3.14. The van der Waals surface area contributed by atoms with Gasteiger partial charge in [0.25, 0.3) is 11.8 Å². The second-order valence-corrected chi connectivity index (χ2v) is 13.6. The first-order chi connectivity index (χ1) is 25.2. The van der Waals surface area contributed by atoms with Crippen molar-refractivity contribution >= 4 is 47.2 Å². The van der Waals surface area contributed by atoms with Gasteiger partial charge in [-0.1, -0.05) is 82.9 Å². The topological polar surface area (TPSA) is 243 Å². The van der Waals surface area contributed by atoms with Gasteiger partial charge in [0.05, 0.1) is 18.2 Å². The quantitative estimate of drug-likeness (QED) is 0.104. The number of carbonyl (C=O) groups is 8. The molecule has 0 bridgehead atoms. The van der Waals surface area contributed by atoms with E-state index in [2.05, 4.69) is 26.6 Å². The molecule has 1 saturated carbocycles. The number of benzene rings is 2. The van der Waals surface area contributed by atoms with Gasteiger partial charge in [-0.2, -0.15) is 0 Å². The van der Waals surface area contributed by atoms with Gasteiger partial charge in [0.2, 0.25) is 29.4 Å². The fraction of sp³-hybridized carbons (Fsp3) is 0.474. The number of carbonyl (C=O) groups excluding carboxylic acids is 7. The first-order valence-corrected chi connectivity index (χ1v) is 17.9. The third-order valence-corrected chi connectivity index (χ3v) is 8.97. The van der Waals surface area contributed by atoms with Gasteiger partial charge in [-0.3, -0.25) is 33.6 Å². The SMILES string of the molecule is CCCC(NC(=O)[C@H](CC(C)C)NC(=O)[C@@H](NC(=O)c1cccc(C(=O)O)c1)C1CCCCC1)C(=O)C(=O)NCC(=O)N[C@H](C(N)=O)c1ccccc1. The normalized spacial score (nSPS) is 15.2. The minimum absolute atomic E-state index is 0.0653. The maximum Gasteiger partial charge on any atom is 0.335 e. The van der Waals surface area contributed by atoms with Gasteiger partial charge < -0.3 is 37.4 Å². The molecule has 1 aliphatic rings. The van der Waals surface area contributed by atoms with Crippen molar-refractivity contribution in [2.75, 3.05) is 6.54 Å². The maximum atomic E-state index is 13.9. The smallest absolute Gasteiger partial charge is 0.335 e. The van der Waals surface area contributed by atoms with Crippen LogP contribution in [0.15, 0.2) is 54.6 Å². The monoisotopic (exact) mass is 734 g/mol. The molecule has 4 atom stereocenters. The largest absolute Gasteiger partial charge is 0.478 e. The molecule has 2 aromatic carbocycles. The molecule has 0 aliphatic heterocycles. The van der Waals surface area contributed by atoms with Crippen molar-refractivity contribution in [3.63, 3.8) is 0 Å². The van der Waals surface area contributed by atoms with Gasteiger partial charge >= 0.3 is 5.97 Å². The van der Waals surface area contributed by atoms with Crippen LogP contribution >= 0.6 is 0 Å². The molecule has 8 N–H and O–H groups in total. The predicted octanol–water partition coefficient (Wildman–Crippen LogP) is 1.91. The minimum Gasteiger partial charge on any atom is -0.478 e. The van der Waals surface area contributed by atoms with Gasteiger partial charge in [-0.25, -0.2) is 4.79 Å². The molecule has 6 amide bonds. The average molecular weight is 735 g/mol. The molecular formula is C38H50N6O9. The Bertz CT molecular complexity index is 1640. The number of amides is 6. The van der Waals surface area contributed by atoms with Gasteiger partial charge in [0, 0.05) is 5.56 Å². The zero-order chi connectivity index (χ0) is 39.1. The summed E-state index contributed by atoms with van der Waals surface area (Å²) in [5.74, 6) is -7.21. The van der Waals surface area contributed by atoms with Crippen molar-refractivity contribution in [2.24, 2.45) is 17.6 Å². The first kappa shape index (κ1) is 41.8. The zero-order valence-corrected chi connectivity index (χ0v) is 30.3. The Morgan fingerprint density at radius 1 is 0.792 bits per heavy atom. The maximum absolute atomic E-state index is 13.9. The summed E-state index contributed by atoms with van der Waals surface area (Å²) < 4.78 is 0. The number of rotatable bonds is 19. The van der Waals surface area contributed by atoms with Crippen LogP contribution in [0, 0.1) is 11.8 Å². The van der Waals surface area contributed by atoms with Crippen molar-refractivity contribution in [3.8, 4) is 0 Å². The Morgan fingerprint density at radius 3 is 2.04 bits per heavy atom. The summed E-state index contributed by atoms with van der Waals surface area (Å²) in [7, 11) is 0. The molecule has 3 rings (SSSR count). The van der Waals surface area contributed by atoms with Crippen molar-refractivity contribution in [3.05, 3.63) is 71.3 Å². The van der Waals surface area contributed by atoms with Crippen LogP contribution < -0.4 is 32.3 Å². The molecule has 1 unspecified atom stereocenters. The van der Waals surface area contributed by atoms with E-state index >= 15 is 0 Å². The van der Waals surface area contributed by atoms with E-state index in [1.54, 1.807) is 37.3 Å². The van der Waals surface area contributed by atoms with Crippen molar-refractivity contribution in [2.45, 2.75) is 96.3 Å². The van der Waals surface area contributed by atoms with Crippen molar-refractivity contribution in [1.82, 2.24) is 26.6 Å². The van der Waals surface area contributed by atoms with Gasteiger partial charge in [0.15, 0.2) is 0 Å². The van der Waals surface area contributed by atoms with Crippen molar-refractivity contribution < 1.29 is 43.5 Å². The highest BCUT2D eigenvalue weighted by molar-refractivity contribution is 6.38. The van der Waals surface area contributed by atoms with E-state index in [9.17, 15) is 43.5 Å². The van der Waals surface area contributed by atoms with Crippen LogP contribution in [0.3, 0.4) is 0 Å². The molecule has 0 spiro atoms. The van der Waals surface area contributed by atoms with E-state index in [1.807, 2.05) is 13.8 Å². The molecule has 0 saturated heterocycles. The number of carboxylic acids is 1. The molecule has 53 heavy (non-hydrogen) atoms. The highest BCUT2D eigenvalue weighted by Gasteiger charge is 2.35. The van der Waals surface area contributed by atoms with Gasteiger partial charge in [-0.15, -0.1) is 0 Å². The Labute approximate surface area is 308 Å². The number of Topliss-reactive ketones (excluding diaryl/α,β-unsaturated/α-hetero) is 1. The summed E-state index contributed by atoms with van der Waals surface area (Å²) >= 11 is 0. The number of hydrogen-bond donors (Lipinski definition) is 7. The van der Waals surface area contributed by atoms with E-state index in [0.29, 0.717) is 24.8 Å². The number of aromatic carboxylic acids is 1. The molecule has 15 nitrogen and oxygen atoms in total. The van der Waals surface area contributed by atoms with Crippen LogP contribution in [-0.4, -0.2) is 77.0 Å². The summed E-state index contributed by atoms with van der Waals surface area (Å²) in [5.41, 5.74) is 5.85. The summed E-state index contributed by atoms with van der Waals surface area (Å²) in [4.78, 5) is 103. The second kappa shape index (κ2) is 20.4. The number of hydrogen-bond acceptors (Lipinski definition) is 8. The highest BCUT2D eigenvalue weighted by Crippen LogP contribution is 2.27. The van der Waals surface area contributed by atoms with Gasteiger partial charge in [0.1, 0.15) is 18.1 Å². The van der Waals surface area contributed by atoms with E-state index < -0.39 is 77.9 Å². The lowest BCUT2D eigenvalue weighted by Crippen LogP contribution is -2.58. The molecule has 2 aromatic rings. The summed E-state index contributed by atoms with van der Waals surface area (Å²) in [6, 6.07) is 9.10. The number of carboxylic acid groups (broad SMARTS) is 1. The Balaban J connectivity index is 1.71. The lowest BCUT2D eigenvalue weighted by atomic mass is 9.83. The van der Waals surface area contributed by atoms with E-state index in [1.165, 1.54) is 24.3 Å². The third kappa shape index (κ3) is 12.8. The Morgan fingerprint density at radius 2 is 1.43 bits per heavy atom. The van der Waals surface area contributed by atoms with Gasteiger partial charge in [-0.05, 0) is 61.3 Å². The van der Waals surface area contributed by atoms with Crippen LogP contribution in [0.4, 0.5) is 0 Å². The summed E-state index contributed by atoms with van der Waals surface area (Å²) in [5, 5.41) is 22.2. The highest BCUT2D eigenvalue weighted by atomic mass is 16.4. The second-order valence-electron chi connectivity index (χ2n) is 13.6. The van der Waals surface area contributed by atoms with Crippen LogP contribution in [0.5, 0.6) is 0 Å². The molecule has 15 heteroatoms. The standard InChI is InChI=1S/C38H50N6O9/c1-4-12-27(32(46)37(51)40-21-29(45)43-30(33(39)47)23-13-7-5-8-14-23)41-35(49)28(19-22(2)3)42-36(50)31(24-15-9-6-10-16-24)44-34(48)25-17-11-18-26(20-25)38(52)53/h5,7-8,11,13-14,17-18,20,22,24,27-28,30-31H,4,6,9-10,12,15-16,19,21H2,1-3H3,(H2,39,47)(H,40,51)(H,41,49)(H,42,50)(H,43,45)(H,44,48)(H,52,53)/t27?,28-,30-,31-/m0/s1. The first-order valence-electron chi connectivity index (χ1n) is 17.9. The lowest BCUT2D eigenvalue weighted by molar-refractivity contribution is -0.141. The summed E-state index contributed by atoms with van der Waals surface area (Å²) in [6.45, 7) is 4.79. The van der Waals surface area contributed by atoms with E-state index in [-0.39, 0.29) is 35.8 Å². The summed E-state index contributed by atoms with van der Waals surface area (Å²) in [6.07, 6.45) is 4.64. The number of nitrogens with two attached hydrogens (primary N) is 1. The molecular weight excluding hydrogens is 684 g/mol. The molecule has 1 aliphatic carbocycles. The molecule has 1 fully saturated rings. The number of primary amides is 1. The molecule has 286 valence electrons. The fourth-order valence-electron chi connectivity index (χ4n) is 6.26. The van der Waals surface area contributed by atoms with Crippen LogP contribution in [0.1, 0.15) is 104 Å². The van der Waals surface area contributed by atoms with E-state index in [4.69, 9.17) is 5.73 Å². The predicted molar refractivity (Wildman–Crippen MR) is 194 cm³/mol. The fourth-order valence-corrected chi connectivity index (χ4v) is 6.26. The Kier molecular flexibility index (Phi) is 16.1. The van der Waals surface area contributed by atoms with E-state index in [0.717, 1.165) is 19.3 Å². The molecule has 0 radical (unpaired) electrons.